The molecule has 0 fully saturated rings. The first-order valence-electron chi connectivity index (χ1n) is 3.41. The fraction of sp³-hybridized carbons (Fsp3) is 0.167. The van der Waals surface area contributed by atoms with Crippen LogP contribution in [0.15, 0.2) is 18.9 Å². The number of aryl methyl sites for hydroxylation is 1. The van der Waals surface area contributed by atoms with Gasteiger partial charge in [-0.05, 0) is 0 Å². The Bertz CT molecular complexity index is 373. The van der Waals surface area contributed by atoms with Gasteiger partial charge in [-0.25, -0.2) is 4.98 Å². The standard InChI is InChI=1S/C6H8N6/c1-11-2-5(7)6(10-11)12-4-8-3-9-12/h2-4H,7H2,1H3. The molecule has 0 bridgehead atoms. The first-order valence-corrected chi connectivity index (χ1v) is 3.41. The zero-order chi connectivity index (χ0) is 8.55. The van der Waals surface area contributed by atoms with Crippen LogP contribution in [0.4, 0.5) is 5.69 Å². The Balaban J connectivity index is 2.54. The molecule has 0 radical (unpaired) electrons. The van der Waals surface area contributed by atoms with Crippen LogP contribution >= 0.6 is 0 Å². The van der Waals surface area contributed by atoms with Crippen LogP contribution in [-0.2, 0) is 7.05 Å². The van der Waals surface area contributed by atoms with Crippen molar-refractivity contribution in [2.45, 2.75) is 0 Å². The van der Waals surface area contributed by atoms with E-state index in [1.54, 1.807) is 24.3 Å². The predicted molar refractivity (Wildman–Crippen MR) is 42.5 cm³/mol. The summed E-state index contributed by atoms with van der Waals surface area (Å²) in [5.74, 6) is 0.606. The number of hydrogen-bond acceptors (Lipinski definition) is 4. The second-order valence-corrected chi connectivity index (χ2v) is 2.42. The first-order chi connectivity index (χ1) is 5.77. The summed E-state index contributed by atoms with van der Waals surface area (Å²) in [6.45, 7) is 0. The third kappa shape index (κ3) is 0.931. The topological polar surface area (TPSA) is 74.5 Å². The van der Waals surface area contributed by atoms with E-state index in [4.69, 9.17) is 5.73 Å². The molecule has 0 saturated heterocycles. The quantitative estimate of drug-likeness (QED) is 0.621. The fourth-order valence-corrected chi connectivity index (χ4v) is 0.991. The summed E-state index contributed by atoms with van der Waals surface area (Å²) in [6.07, 6.45) is 4.71. The maximum absolute atomic E-state index is 5.66. The Kier molecular flexibility index (Phi) is 1.33. The lowest BCUT2D eigenvalue weighted by Gasteiger charge is -1.93. The van der Waals surface area contributed by atoms with Crippen molar-refractivity contribution < 1.29 is 0 Å². The summed E-state index contributed by atoms with van der Waals surface area (Å²) in [5, 5.41) is 8.02. The summed E-state index contributed by atoms with van der Waals surface area (Å²) >= 11 is 0. The van der Waals surface area contributed by atoms with Crippen molar-refractivity contribution in [1.29, 1.82) is 0 Å². The molecule has 0 aliphatic rings. The molecule has 2 heterocycles. The number of rotatable bonds is 1. The highest BCUT2D eigenvalue weighted by Crippen LogP contribution is 2.11. The number of anilines is 1. The Morgan fingerprint density at radius 1 is 1.50 bits per heavy atom. The lowest BCUT2D eigenvalue weighted by molar-refractivity contribution is 0.731. The van der Waals surface area contributed by atoms with E-state index < -0.39 is 0 Å². The SMILES string of the molecule is Cn1cc(N)c(-n2cncn2)n1. The Morgan fingerprint density at radius 2 is 2.33 bits per heavy atom. The second-order valence-electron chi connectivity index (χ2n) is 2.42. The number of nitrogen functional groups attached to an aromatic ring is 1. The minimum Gasteiger partial charge on any atom is -0.394 e. The first kappa shape index (κ1) is 6.84. The molecule has 0 aliphatic carbocycles. The molecule has 62 valence electrons. The van der Waals surface area contributed by atoms with E-state index >= 15 is 0 Å². The highest BCUT2D eigenvalue weighted by Gasteiger charge is 2.05. The molecule has 0 aromatic carbocycles. The smallest absolute Gasteiger partial charge is 0.199 e. The predicted octanol–water partition coefficient (Wildman–Crippen LogP) is -0.417. The van der Waals surface area contributed by atoms with Crippen molar-refractivity contribution in [1.82, 2.24) is 24.5 Å². The van der Waals surface area contributed by atoms with E-state index in [0.717, 1.165) is 0 Å². The molecule has 6 heteroatoms. The van der Waals surface area contributed by atoms with Gasteiger partial charge in [0.1, 0.15) is 12.7 Å². The molecule has 2 aromatic heterocycles. The zero-order valence-electron chi connectivity index (χ0n) is 6.55. The molecule has 0 amide bonds. The van der Waals surface area contributed by atoms with Crippen LogP contribution in [0.2, 0.25) is 0 Å². The van der Waals surface area contributed by atoms with E-state index in [0.29, 0.717) is 11.5 Å². The minimum absolute atomic E-state index is 0.586. The normalized spacial score (nSPS) is 10.4. The van der Waals surface area contributed by atoms with E-state index in [1.807, 2.05) is 0 Å². The maximum atomic E-state index is 5.66. The van der Waals surface area contributed by atoms with Gasteiger partial charge in [-0.1, -0.05) is 0 Å². The third-order valence-corrected chi connectivity index (χ3v) is 1.47. The summed E-state index contributed by atoms with van der Waals surface area (Å²) < 4.78 is 3.15. The molecule has 0 spiro atoms. The van der Waals surface area contributed by atoms with Gasteiger partial charge in [-0.3, -0.25) is 4.68 Å². The highest BCUT2D eigenvalue weighted by molar-refractivity contribution is 5.50. The molecule has 0 unspecified atom stereocenters. The molecule has 2 aromatic rings. The molecule has 0 saturated carbocycles. The van der Waals surface area contributed by atoms with Gasteiger partial charge >= 0.3 is 0 Å². The number of nitrogens with zero attached hydrogens (tertiary/aromatic N) is 5. The number of aromatic nitrogens is 5. The van der Waals surface area contributed by atoms with Crippen LogP contribution in [0.25, 0.3) is 5.82 Å². The van der Waals surface area contributed by atoms with Crippen molar-refractivity contribution in [3.05, 3.63) is 18.9 Å². The Labute approximate surface area is 68.6 Å². The van der Waals surface area contributed by atoms with Gasteiger partial charge in [-0.2, -0.15) is 14.9 Å². The lowest BCUT2D eigenvalue weighted by atomic mass is 10.5. The van der Waals surface area contributed by atoms with E-state index in [2.05, 4.69) is 15.2 Å². The monoisotopic (exact) mass is 164 g/mol. The lowest BCUT2D eigenvalue weighted by Crippen LogP contribution is -1.99. The summed E-state index contributed by atoms with van der Waals surface area (Å²) in [4.78, 5) is 3.80. The third-order valence-electron chi connectivity index (χ3n) is 1.47. The van der Waals surface area contributed by atoms with Gasteiger partial charge in [0.2, 0.25) is 0 Å². The average molecular weight is 164 g/mol. The van der Waals surface area contributed by atoms with Crippen LogP contribution < -0.4 is 5.73 Å². The minimum atomic E-state index is 0.586. The largest absolute Gasteiger partial charge is 0.394 e. The number of hydrogen-bond donors (Lipinski definition) is 1. The van der Waals surface area contributed by atoms with Crippen LogP contribution in [-0.4, -0.2) is 24.5 Å². The van der Waals surface area contributed by atoms with Crippen molar-refractivity contribution in [2.75, 3.05) is 5.73 Å². The van der Waals surface area contributed by atoms with Crippen LogP contribution in [0, 0.1) is 0 Å². The van der Waals surface area contributed by atoms with Crippen LogP contribution in [0.3, 0.4) is 0 Å². The number of nitrogens with two attached hydrogens (primary N) is 1. The van der Waals surface area contributed by atoms with Gasteiger partial charge in [-0.15, -0.1) is 0 Å². The van der Waals surface area contributed by atoms with E-state index in [9.17, 15) is 0 Å². The Morgan fingerprint density at radius 3 is 2.83 bits per heavy atom. The molecule has 2 rings (SSSR count). The van der Waals surface area contributed by atoms with Gasteiger partial charge in [0, 0.05) is 13.2 Å². The highest BCUT2D eigenvalue weighted by atomic mass is 15.4. The summed E-state index contributed by atoms with van der Waals surface area (Å²) in [6, 6.07) is 0. The average Bonchev–Trinajstić information content (AvgIpc) is 2.58. The van der Waals surface area contributed by atoms with Crippen LogP contribution in [0.5, 0.6) is 0 Å². The molecule has 12 heavy (non-hydrogen) atoms. The van der Waals surface area contributed by atoms with Gasteiger partial charge in [0.15, 0.2) is 5.82 Å². The second kappa shape index (κ2) is 2.33. The molecular weight excluding hydrogens is 156 g/mol. The Hall–Kier alpha value is -1.85. The van der Waals surface area contributed by atoms with Gasteiger partial charge in [0.25, 0.3) is 0 Å². The van der Waals surface area contributed by atoms with Crippen molar-refractivity contribution in [3.63, 3.8) is 0 Å². The van der Waals surface area contributed by atoms with Crippen molar-refractivity contribution in [2.24, 2.45) is 7.05 Å². The van der Waals surface area contributed by atoms with E-state index in [-0.39, 0.29) is 0 Å². The van der Waals surface area contributed by atoms with Crippen LogP contribution in [0.1, 0.15) is 0 Å². The fourth-order valence-electron chi connectivity index (χ4n) is 0.991. The van der Waals surface area contributed by atoms with Crippen molar-refractivity contribution in [3.8, 4) is 5.82 Å². The molecule has 0 aliphatic heterocycles. The van der Waals surface area contributed by atoms with Gasteiger partial charge < -0.3 is 5.73 Å². The van der Waals surface area contributed by atoms with Crippen molar-refractivity contribution >= 4 is 5.69 Å². The molecule has 6 nitrogen and oxygen atoms in total. The summed E-state index contributed by atoms with van der Waals surface area (Å²) in [5.41, 5.74) is 6.25. The molecule has 2 N–H and O–H groups in total. The molecular formula is C6H8N6. The summed E-state index contributed by atoms with van der Waals surface area (Å²) in [7, 11) is 1.80. The zero-order valence-corrected chi connectivity index (χ0v) is 6.55. The van der Waals surface area contributed by atoms with E-state index in [1.165, 1.54) is 11.0 Å². The van der Waals surface area contributed by atoms with Gasteiger partial charge in [0.05, 0.1) is 5.69 Å². The maximum Gasteiger partial charge on any atom is 0.199 e. The molecule has 0 atom stereocenters.